The molecule has 3 N–H and O–H groups in total. The third-order valence-corrected chi connectivity index (χ3v) is 5.23. The van der Waals surface area contributed by atoms with Crippen molar-refractivity contribution in [2.24, 2.45) is 0 Å². The van der Waals surface area contributed by atoms with E-state index in [1.54, 1.807) is 13.1 Å². The second-order valence-corrected chi connectivity index (χ2v) is 7.48. The van der Waals surface area contributed by atoms with E-state index < -0.39 is 0 Å². The number of nitrogens with zero attached hydrogens (tertiary/aromatic N) is 3. The van der Waals surface area contributed by atoms with Crippen LogP contribution in [0, 0.1) is 0 Å². The van der Waals surface area contributed by atoms with Crippen LogP contribution in [0.15, 0.2) is 30.5 Å². The van der Waals surface area contributed by atoms with Crippen LogP contribution in [0.1, 0.15) is 35.7 Å². The number of rotatable bonds is 5. The van der Waals surface area contributed by atoms with Gasteiger partial charge in [-0.15, -0.1) is 0 Å². The summed E-state index contributed by atoms with van der Waals surface area (Å²) in [5, 5.41) is 13.5. The van der Waals surface area contributed by atoms with Crippen LogP contribution in [0.5, 0.6) is 0 Å². The van der Waals surface area contributed by atoms with Crippen LogP contribution in [0.2, 0.25) is 0 Å². The summed E-state index contributed by atoms with van der Waals surface area (Å²) in [7, 11) is 0. The van der Waals surface area contributed by atoms with E-state index in [1.807, 2.05) is 28.9 Å². The van der Waals surface area contributed by atoms with E-state index in [4.69, 9.17) is 0 Å². The summed E-state index contributed by atoms with van der Waals surface area (Å²) in [5.41, 5.74) is 2.50. The first-order chi connectivity index (χ1) is 13.6. The molecule has 1 atom stereocenters. The Morgan fingerprint density at radius 3 is 2.86 bits per heavy atom. The van der Waals surface area contributed by atoms with Gasteiger partial charge in [0, 0.05) is 51.3 Å². The van der Waals surface area contributed by atoms with Gasteiger partial charge in [-0.1, -0.05) is 12.1 Å². The average Bonchev–Trinajstić information content (AvgIpc) is 3.29. The molecule has 1 saturated heterocycles. The number of hydrogen-bond donors (Lipinski definition) is 3. The number of carbonyl (C=O) groups excluding carboxylic acids is 2. The molecule has 2 aliphatic heterocycles. The second kappa shape index (κ2) is 8.02. The number of nitrogens with one attached hydrogen (secondary N) is 3. The molecule has 1 aromatic heterocycles. The highest BCUT2D eigenvalue weighted by atomic mass is 16.2. The van der Waals surface area contributed by atoms with Crippen molar-refractivity contribution >= 4 is 23.3 Å². The summed E-state index contributed by atoms with van der Waals surface area (Å²) in [6.07, 6.45) is 3.70. The number of hydrogen-bond acceptors (Lipinski definition) is 5. The molecule has 0 unspecified atom stereocenters. The highest BCUT2D eigenvalue weighted by Gasteiger charge is 2.23. The molecule has 4 rings (SSSR count). The van der Waals surface area contributed by atoms with Crippen molar-refractivity contribution in [2.75, 3.05) is 30.3 Å². The normalized spacial score (nSPS) is 19.0. The molecular weight excluding hydrogens is 356 g/mol. The molecule has 0 bridgehead atoms. The quantitative estimate of drug-likeness (QED) is 0.732. The molecule has 1 fully saturated rings. The van der Waals surface area contributed by atoms with Crippen molar-refractivity contribution in [3.05, 3.63) is 41.6 Å². The first-order valence-electron chi connectivity index (χ1n) is 9.78. The van der Waals surface area contributed by atoms with Crippen LogP contribution in [-0.4, -0.2) is 52.2 Å². The maximum Gasteiger partial charge on any atom is 0.255 e. The van der Waals surface area contributed by atoms with Crippen LogP contribution in [0.4, 0.5) is 11.5 Å². The van der Waals surface area contributed by atoms with Gasteiger partial charge in [0.05, 0.1) is 6.20 Å². The van der Waals surface area contributed by atoms with Crippen LogP contribution in [0.3, 0.4) is 0 Å². The highest BCUT2D eigenvalue weighted by Crippen LogP contribution is 2.24. The van der Waals surface area contributed by atoms with Gasteiger partial charge in [-0.05, 0) is 30.5 Å². The summed E-state index contributed by atoms with van der Waals surface area (Å²) in [6, 6.07) is 7.93. The maximum atomic E-state index is 12.6. The Balaban J connectivity index is 1.34. The van der Waals surface area contributed by atoms with Crippen molar-refractivity contribution in [1.29, 1.82) is 0 Å². The van der Waals surface area contributed by atoms with Crippen LogP contribution >= 0.6 is 0 Å². The lowest BCUT2D eigenvalue weighted by Gasteiger charge is -2.17. The topological polar surface area (TPSA) is 91.3 Å². The van der Waals surface area contributed by atoms with E-state index in [-0.39, 0.29) is 17.9 Å². The molecule has 0 aliphatic carbocycles. The van der Waals surface area contributed by atoms with Crippen LogP contribution in [-0.2, 0) is 17.9 Å². The first kappa shape index (κ1) is 18.5. The van der Waals surface area contributed by atoms with Gasteiger partial charge in [-0.2, -0.15) is 5.10 Å². The summed E-state index contributed by atoms with van der Waals surface area (Å²) >= 11 is 0. The second-order valence-electron chi connectivity index (χ2n) is 7.48. The monoisotopic (exact) mass is 382 g/mol. The lowest BCUT2D eigenvalue weighted by atomic mass is 10.1. The van der Waals surface area contributed by atoms with Gasteiger partial charge in [0.1, 0.15) is 11.5 Å². The number of likely N-dealkylation sites (tertiary alicyclic amines) is 1. The van der Waals surface area contributed by atoms with Crippen molar-refractivity contribution < 1.29 is 9.59 Å². The zero-order valence-electron chi connectivity index (χ0n) is 16.1. The zero-order valence-corrected chi connectivity index (χ0v) is 16.1. The lowest BCUT2D eigenvalue weighted by Crippen LogP contribution is -2.35. The van der Waals surface area contributed by atoms with E-state index in [0.717, 1.165) is 62.6 Å². The zero-order chi connectivity index (χ0) is 19.5. The van der Waals surface area contributed by atoms with Gasteiger partial charge in [-0.3, -0.25) is 14.5 Å². The summed E-state index contributed by atoms with van der Waals surface area (Å²) < 4.78 is 1.88. The minimum atomic E-state index is -0.137. The predicted molar refractivity (Wildman–Crippen MR) is 107 cm³/mol. The third kappa shape index (κ3) is 4.17. The van der Waals surface area contributed by atoms with Crippen molar-refractivity contribution in [2.45, 2.75) is 38.9 Å². The minimum Gasteiger partial charge on any atom is -0.368 e. The molecule has 1 aromatic carbocycles. The Morgan fingerprint density at radius 2 is 2.07 bits per heavy atom. The van der Waals surface area contributed by atoms with Gasteiger partial charge in [0.25, 0.3) is 5.91 Å². The Labute approximate surface area is 164 Å². The van der Waals surface area contributed by atoms with Crippen molar-refractivity contribution in [3.8, 4) is 0 Å². The highest BCUT2D eigenvalue weighted by molar-refractivity contribution is 6.05. The van der Waals surface area contributed by atoms with Crippen molar-refractivity contribution in [3.63, 3.8) is 0 Å². The fourth-order valence-corrected chi connectivity index (χ4v) is 3.86. The summed E-state index contributed by atoms with van der Waals surface area (Å²) in [4.78, 5) is 26.1. The van der Waals surface area contributed by atoms with E-state index in [9.17, 15) is 9.59 Å². The number of carbonyl (C=O) groups is 2. The molecular formula is C20H26N6O2. The van der Waals surface area contributed by atoms with E-state index >= 15 is 0 Å². The van der Waals surface area contributed by atoms with E-state index in [0.29, 0.717) is 5.56 Å². The Morgan fingerprint density at radius 1 is 1.25 bits per heavy atom. The fraction of sp³-hybridized carbons (Fsp3) is 0.450. The molecule has 2 aliphatic rings. The van der Waals surface area contributed by atoms with Gasteiger partial charge >= 0.3 is 0 Å². The number of fused-ring (bicyclic) bond motifs is 1. The van der Waals surface area contributed by atoms with Gasteiger partial charge in [0.2, 0.25) is 5.91 Å². The molecule has 148 valence electrons. The summed E-state index contributed by atoms with van der Waals surface area (Å²) in [5.74, 6) is 0.762. The maximum absolute atomic E-state index is 12.6. The molecule has 2 amide bonds. The SMILES string of the molecule is CC(=O)N[C@H]1CCN(Cc2ccc(C(=O)Nc3cnn4c3NCCC4)cc2)C1. The average molecular weight is 382 g/mol. The largest absolute Gasteiger partial charge is 0.368 e. The van der Waals surface area contributed by atoms with Gasteiger partial charge < -0.3 is 16.0 Å². The van der Waals surface area contributed by atoms with Crippen LogP contribution in [0.25, 0.3) is 0 Å². The lowest BCUT2D eigenvalue weighted by molar-refractivity contribution is -0.119. The number of amides is 2. The fourth-order valence-electron chi connectivity index (χ4n) is 3.86. The number of anilines is 2. The summed E-state index contributed by atoms with van der Waals surface area (Å²) in [6.45, 7) is 5.96. The first-order valence-corrected chi connectivity index (χ1v) is 9.78. The predicted octanol–water partition coefficient (Wildman–Crippen LogP) is 1.66. The Bertz CT molecular complexity index is 860. The standard InChI is InChI=1S/C20H26N6O2/c1-14(27)23-17-7-10-25(13-17)12-15-3-5-16(6-4-15)20(28)24-18-11-22-26-9-2-8-21-19(18)26/h3-6,11,17,21H,2,7-10,12-13H2,1H3,(H,23,27)(H,24,28)/t17-/m0/s1. The van der Waals surface area contributed by atoms with Gasteiger partial charge in [0.15, 0.2) is 0 Å². The molecule has 0 saturated carbocycles. The molecule has 8 heteroatoms. The van der Waals surface area contributed by atoms with Crippen LogP contribution < -0.4 is 16.0 Å². The Kier molecular flexibility index (Phi) is 5.29. The smallest absolute Gasteiger partial charge is 0.255 e. The van der Waals surface area contributed by atoms with E-state index in [1.165, 1.54) is 0 Å². The number of aryl methyl sites for hydroxylation is 1. The minimum absolute atomic E-state index is 0.0251. The number of aromatic nitrogens is 2. The Hall–Kier alpha value is -2.87. The molecule has 2 aromatic rings. The molecule has 0 radical (unpaired) electrons. The van der Waals surface area contributed by atoms with Crippen molar-refractivity contribution in [1.82, 2.24) is 20.0 Å². The molecule has 28 heavy (non-hydrogen) atoms. The molecule has 0 spiro atoms. The number of benzene rings is 1. The molecule has 3 heterocycles. The molecule has 8 nitrogen and oxygen atoms in total. The third-order valence-electron chi connectivity index (χ3n) is 5.23. The van der Waals surface area contributed by atoms with Gasteiger partial charge in [-0.25, -0.2) is 4.68 Å². The van der Waals surface area contributed by atoms with E-state index in [2.05, 4.69) is 25.9 Å².